The van der Waals surface area contributed by atoms with Crippen LogP contribution in [0.4, 0.5) is 11.5 Å². The smallest absolute Gasteiger partial charge is 0.151 e. The Hall–Kier alpha value is -2.59. The fourth-order valence-corrected chi connectivity index (χ4v) is 5.29. The van der Waals surface area contributed by atoms with Gasteiger partial charge in [0.1, 0.15) is 17.5 Å². The van der Waals surface area contributed by atoms with Crippen molar-refractivity contribution in [1.29, 1.82) is 5.41 Å². The Morgan fingerprint density at radius 3 is 2.54 bits per heavy atom. The summed E-state index contributed by atoms with van der Waals surface area (Å²) in [6, 6.07) is 8.77. The van der Waals surface area contributed by atoms with Gasteiger partial charge < -0.3 is 21.1 Å². The van der Waals surface area contributed by atoms with Crippen LogP contribution in [0.3, 0.4) is 0 Å². The highest BCUT2D eigenvalue weighted by Crippen LogP contribution is 2.33. The summed E-state index contributed by atoms with van der Waals surface area (Å²) in [6.07, 6.45) is 5.65. The van der Waals surface area contributed by atoms with Crippen molar-refractivity contribution >= 4 is 52.2 Å². The number of hydrogen-bond acceptors (Lipinski definition) is 9. The van der Waals surface area contributed by atoms with Crippen molar-refractivity contribution in [3.8, 4) is 5.75 Å². The number of anilines is 2. The normalized spacial score (nSPS) is 15.4. The molecule has 4 rings (SSSR count). The van der Waals surface area contributed by atoms with Gasteiger partial charge in [-0.2, -0.15) is 11.8 Å². The monoisotopic (exact) mass is 531 g/mol. The lowest BCUT2D eigenvalue weighted by Gasteiger charge is -2.48. The van der Waals surface area contributed by atoms with E-state index in [4.69, 9.17) is 44.8 Å². The topological polar surface area (TPSA) is 127 Å². The molecule has 1 saturated heterocycles. The summed E-state index contributed by atoms with van der Waals surface area (Å²) in [6.45, 7) is 3.33. The Balaban J connectivity index is 1.47. The van der Waals surface area contributed by atoms with Crippen LogP contribution in [0, 0.1) is 5.41 Å². The van der Waals surface area contributed by atoms with Gasteiger partial charge in [0.25, 0.3) is 0 Å². The van der Waals surface area contributed by atoms with E-state index in [-0.39, 0.29) is 11.3 Å². The Bertz CT molecular complexity index is 1200. The molecule has 2 aromatic heterocycles. The summed E-state index contributed by atoms with van der Waals surface area (Å²) in [7, 11) is 0. The zero-order valence-electron chi connectivity index (χ0n) is 19.5. The van der Waals surface area contributed by atoms with Gasteiger partial charge in [0.05, 0.1) is 21.3 Å². The Kier molecular flexibility index (Phi) is 7.70. The standard InChI is InChI=1S/C24H27Cl2N7OS/c1-14(22-17(25)10-30-11-18(22)26)34-15-3-4-19(27)16(9-15)23(28)20-5-6-21(32-31-20)33-12-24(29,13-33)7-8-35-2/h3-6,9-11,14,28H,7-8,12-13,27,29H2,1-2H3/t14-/m1/s1. The Morgan fingerprint density at radius 1 is 1.20 bits per heavy atom. The van der Waals surface area contributed by atoms with E-state index in [9.17, 15) is 0 Å². The SMILES string of the molecule is CSCCC1(N)CN(c2ccc(C(=N)c3cc(O[C@H](C)c4c(Cl)cncc4Cl)ccc3N)nn2)C1. The minimum Gasteiger partial charge on any atom is -0.486 e. The quantitative estimate of drug-likeness (QED) is 0.270. The zero-order valence-corrected chi connectivity index (χ0v) is 21.8. The average molecular weight is 533 g/mol. The van der Waals surface area contributed by atoms with Gasteiger partial charge in [-0.15, -0.1) is 10.2 Å². The fraction of sp³-hybridized carbons (Fsp3) is 0.333. The first-order chi connectivity index (χ1) is 16.7. The molecule has 0 unspecified atom stereocenters. The maximum atomic E-state index is 8.67. The first-order valence-electron chi connectivity index (χ1n) is 11.0. The van der Waals surface area contributed by atoms with Gasteiger partial charge in [0, 0.05) is 42.3 Å². The number of nitrogen functional groups attached to an aromatic ring is 1. The number of aromatic nitrogens is 3. The molecule has 1 fully saturated rings. The van der Waals surface area contributed by atoms with Gasteiger partial charge in [-0.25, -0.2) is 0 Å². The molecule has 1 atom stereocenters. The third-order valence-corrected chi connectivity index (χ3v) is 7.16. The number of pyridine rings is 1. The fourth-order valence-electron chi connectivity index (χ4n) is 4.00. The molecule has 0 saturated carbocycles. The van der Waals surface area contributed by atoms with Crippen LogP contribution in [0.5, 0.6) is 5.75 Å². The molecule has 0 amide bonds. The molecule has 1 aromatic carbocycles. The molecule has 11 heteroatoms. The molecule has 0 aliphatic carbocycles. The molecule has 0 spiro atoms. The largest absolute Gasteiger partial charge is 0.486 e. The third-order valence-electron chi connectivity index (χ3n) is 5.95. The molecule has 8 nitrogen and oxygen atoms in total. The summed E-state index contributed by atoms with van der Waals surface area (Å²) in [5.41, 5.74) is 14.5. The Morgan fingerprint density at radius 2 is 1.91 bits per heavy atom. The van der Waals surface area contributed by atoms with Crippen LogP contribution < -0.4 is 21.1 Å². The lowest BCUT2D eigenvalue weighted by Crippen LogP contribution is -2.68. The van der Waals surface area contributed by atoms with Crippen molar-refractivity contribution in [2.24, 2.45) is 5.73 Å². The number of hydrogen-bond donors (Lipinski definition) is 3. The number of halogens is 2. The predicted molar refractivity (Wildman–Crippen MR) is 144 cm³/mol. The molecule has 35 heavy (non-hydrogen) atoms. The van der Waals surface area contributed by atoms with Crippen LogP contribution in [-0.2, 0) is 0 Å². The van der Waals surface area contributed by atoms with Gasteiger partial charge in [0.2, 0.25) is 0 Å². The second-order valence-corrected chi connectivity index (χ2v) is 10.4. The van der Waals surface area contributed by atoms with E-state index < -0.39 is 6.10 Å². The average Bonchev–Trinajstić information content (AvgIpc) is 2.82. The van der Waals surface area contributed by atoms with E-state index in [1.165, 1.54) is 12.4 Å². The Labute approximate surface area is 218 Å². The summed E-state index contributed by atoms with van der Waals surface area (Å²) in [5, 5.41) is 18.1. The van der Waals surface area contributed by atoms with Gasteiger partial charge in [-0.1, -0.05) is 23.2 Å². The molecule has 1 aliphatic rings. The van der Waals surface area contributed by atoms with Crippen molar-refractivity contribution in [2.45, 2.75) is 25.0 Å². The third kappa shape index (κ3) is 5.64. The van der Waals surface area contributed by atoms with E-state index in [1.54, 1.807) is 36.0 Å². The maximum Gasteiger partial charge on any atom is 0.151 e. The first kappa shape index (κ1) is 25.5. The van der Waals surface area contributed by atoms with Crippen molar-refractivity contribution in [1.82, 2.24) is 15.2 Å². The molecular weight excluding hydrogens is 505 g/mol. The van der Waals surface area contributed by atoms with Crippen molar-refractivity contribution < 1.29 is 4.74 Å². The number of rotatable bonds is 9. The van der Waals surface area contributed by atoms with E-state index in [0.717, 1.165) is 31.1 Å². The minimum atomic E-state index is -0.440. The van der Waals surface area contributed by atoms with Gasteiger partial charge >= 0.3 is 0 Å². The number of nitrogens with zero attached hydrogens (tertiary/aromatic N) is 4. The van der Waals surface area contributed by atoms with E-state index >= 15 is 0 Å². The van der Waals surface area contributed by atoms with E-state index in [2.05, 4.69) is 26.3 Å². The molecule has 3 heterocycles. The number of nitrogens with one attached hydrogen (secondary N) is 1. The van der Waals surface area contributed by atoms with Crippen LogP contribution in [-0.4, -0.2) is 51.5 Å². The molecule has 1 aliphatic heterocycles. The number of thioether (sulfide) groups is 1. The second-order valence-electron chi connectivity index (χ2n) is 8.64. The number of nitrogens with two attached hydrogens (primary N) is 2. The lowest BCUT2D eigenvalue weighted by atomic mass is 9.88. The molecule has 0 bridgehead atoms. The van der Waals surface area contributed by atoms with Crippen molar-refractivity contribution in [3.05, 3.63) is 69.6 Å². The summed E-state index contributed by atoms with van der Waals surface area (Å²) < 4.78 is 6.06. The van der Waals surface area contributed by atoms with E-state index in [1.807, 2.05) is 13.0 Å². The minimum absolute atomic E-state index is 0.149. The first-order valence-corrected chi connectivity index (χ1v) is 13.2. The highest BCUT2D eigenvalue weighted by Gasteiger charge is 2.39. The van der Waals surface area contributed by atoms with Crippen LogP contribution >= 0.6 is 35.0 Å². The maximum absolute atomic E-state index is 8.67. The molecule has 3 aromatic rings. The molecule has 0 radical (unpaired) electrons. The second kappa shape index (κ2) is 10.6. The van der Waals surface area contributed by atoms with E-state index in [0.29, 0.717) is 38.3 Å². The zero-order chi connectivity index (χ0) is 25.2. The molecule has 184 valence electrons. The van der Waals surface area contributed by atoms with Crippen LogP contribution in [0.25, 0.3) is 0 Å². The summed E-state index contributed by atoms with van der Waals surface area (Å²) in [4.78, 5) is 6.07. The van der Waals surface area contributed by atoms with Gasteiger partial charge in [0.15, 0.2) is 5.82 Å². The van der Waals surface area contributed by atoms with Crippen molar-refractivity contribution in [3.63, 3.8) is 0 Å². The summed E-state index contributed by atoms with van der Waals surface area (Å²) >= 11 is 14.3. The number of benzene rings is 1. The van der Waals surface area contributed by atoms with Crippen LogP contribution in [0.1, 0.15) is 36.3 Å². The van der Waals surface area contributed by atoms with Crippen LogP contribution in [0.15, 0.2) is 42.7 Å². The molecular formula is C24H27Cl2N7OS. The lowest BCUT2D eigenvalue weighted by molar-refractivity contribution is 0.227. The van der Waals surface area contributed by atoms with Crippen molar-refractivity contribution in [2.75, 3.05) is 35.7 Å². The number of ether oxygens (including phenoxy) is 1. The molecule has 5 N–H and O–H groups in total. The predicted octanol–water partition coefficient (Wildman–Crippen LogP) is 4.59. The van der Waals surface area contributed by atoms with Crippen LogP contribution in [0.2, 0.25) is 10.0 Å². The van der Waals surface area contributed by atoms with Gasteiger partial charge in [-0.3, -0.25) is 10.4 Å². The highest BCUT2D eigenvalue weighted by molar-refractivity contribution is 7.98. The summed E-state index contributed by atoms with van der Waals surface area (Å²) in [5.74, 6) is 2.31. The van der Waals surface area contributed by atoms with Gasteiger partial charge in [-0.05, 0) is 55.7 Å². The highest BCUT2D eigenvalue weighted by atomic mass is 35.5.